The number of fused-ring (bicyclic) bond motifs is 1. The summed E-state index contributed by atoms with van der Waals surface area (Å²) in [5.74, 6) is 1.70. The van der Waals surface area contributed by atoms with Crippen molar-refractivity contribution in [1.29, 1.82) is 0 Å². The van der Waals surface area contributed by atoms with Gasteiger partial charge in [0.15, 0.2) is 11.5 Å². The van der Waals surface area contributed by atoms with Gasteiger partial charge >= 0.3 is 0 Å². The molecular formula is C14H18BrNO2. The van der Waals surface area contributed by atoms with E-state index in [1.807, 2.05) is 0 Å². The van der Waals surface area contributed by atoms with Crippen molar-refractivity contribution in [3.63, 3.8) is 0 Å². The Morgan fingerprint density at radius 1 is 1.33 bits per heavy atom. The maximum atomic E-state index is 6.24. The lowest BCUT2D eigenvalue weighted by Gasteiger charge is -2.24. The second-order valence-electron chi connectivity index (χ2n) is 5.25. The van der Waals surface area contributed by atoms with Crippen LogP contribution < -0.4 is 15.2 Å². The monoisotopic (exact) mass is 311 g/mol. The summed E-state index contributed by atoms with van der Waals surface area (Å²) in [6.45, 7) is 3.41. The van der Waals surface area contributed by atoms with Crippen LogP contribution in [-0.2, 0) is 12.8 Å². The smallest absolute Gasteiger partial charge is 0.175 e. The molecule has 1 aromatic carbocycles. The highest BCUT2D eigenvalue weighted by atomic mass is 79.9. The standard InChI is InChI=1S/C14H18BrNO2/c1-2-10-9(8-14(16)3-4-14)7-11-13(12(10)15)18-6-5-17-11/h7H,2-6,8,16H2,1H3. The summed E-state index contributed by atoms with van der Waals surface area (Å²) in [6.07, 6.45) is 4.17. The summed E-state index contributed by atoms with van der Waals surface area (Å²) < 4.78 is 12.4. The normalized spacial score (nSPS) is 19.7. The summed E-state index contributed by atoms with van der Waals surface area (Å²) in [5, 5.41) is 0. The number of hydrogen-bond acceptors (Lipinski definition) is 3. The molecule has 1 aliphatic carbocycles. The molecule has 0 amide bonds. The number of rotatable bonds is 3. The fourth-order valence-electron chi connectivity index (χ4n) is 2.49. The molecule has 0 saturated heterocycles. The molecule has 0 aromatic heterocycles. The van der Waals surface area contributed by atoms with Crippen LogP contribution >= 0.6 is 15.9 Å². The molecule has 18 heavy (non-hydrogen) atoms. The number of halogens is 1. The number of hydrogen-bond donors (Lipinski definition) is 1. The lowest BCUT2D eigenvalue weighted by Crippen LogP contribution is -2.25. The van der Waals surface area contributed by atoms with Crippen molar-refractivity contribution in [1.82, 2.24) is 0 Å². The van der Waals surface area contributed by atoms with Crippen LogP contribution in [0, 0.1) is 0 Å². The van der Waals surface area contributed by atoms with Gasteiger partial charge in [0.1, 0.15) is 13.2 Å². The minimum absolute atomic E-state index is 0.0210. The second kappa shape index (κ2) is 4.42. The summed E-state index contributed by atoms with van der Waals surface area (Å²) in [7, 11) is 0. The summed E-state index contributed by atoms with van der Waals surface area (Å²) in [6, 6.07) is 2.12. The van der Waals surface area contributed by atoms with E-state index in [2.05, 4.69) is 28.9 Å². The first kappa shape index (κ1) is 12.3. The third-order valence-electron chi connectivity index (χ3n) is 3.76. The average Bonchev–Trinajstić information content (AvgIpc) is 3.07. The SMILES string of the molecule is CCc1c(CC2(N)CC2)cc2c(c1Br)OCCO2. The Hall–Kier alpha value is -0.740. The van der Waals surface area contributed by atoms with E-state index in [-0.39, 0.29) is 5.54 Å². The Bertz CT molecular complexity index is 483. The largest absolute Gasteiger partial charge is 0.486 e. The van der Waals surface area contributed by atoms with Gasteiger partial charge < -0.3 is 15.2 Å². The van der Waals surface area contributed by atoms with E-state index in [9.17, 15) is 0 Å². The Morgan fingerprint density at radius 3 is 2.72 bits per heavy atom. The predicted octanol–water partition coefficient (Wildman–Crippen LogP) is 2.82. The quantitative estimate of drug-likeness (QED) is 0.933. The minimum Gasteiger partial charge on any atom is -0.486 e. The lowest BCUT2D eigenvalue weighted by atomic mass is 9.96. The van der Waals surface area contributed by atoms with Crippen LogP contribution in [-0.4, -0.2) is 18.8 Å². The highest BCUT2D eigenvalue weighted by Crippen LogP contribution is 2.44. The summed E-state index contributed by atoms with van der Waals surface area (Å²) >= 11 is 3.66. The van der Waals surface area contributed by atoms with Crippen molar-refractivity contribution in [3.8, 4) is 11.5 Å². The maximum Gasteiger partial charge on any atom is 0.175 e. The molecular weight excluding hydrogens is 294 g/mol. The van der Waals surface area contributed by atoms with Crippen LogP contribution in [0.15, 0.2) is 10.5 Å². The summed E-state index contributed by atoms with van der Waals surface area (Å²) in [5.41, 5.74) is 8.86. The van der Waals surface area contributed by atoms with E-state index < -0.39 is 0 Å². The van der Waals surface area contributed by atoms with E-state index in [0.717, 1.165) is 41.7 Å². The minimum atomic E-state index is 0.0210. The van der Waals surface area contributed by atoms with Gasteiger partial charge in [-0.2, -0.15) is 0 Å². The number of ether oxygens (including phenoxy) is 2. The summed E-state index contributed by atoms with van der Waals surface area (Å²) in [4.78, 5) is 0. The number of nitrogens with two attached hydrogens (primary N) is 1. The number of benzene rings is 1. The Balaban J connectivity index is 2.03. The molecule has 1 heterocycles. The van der Waals surface area contributed by atoms with Gasteiger partial charge in [-0.3, -0.25) is 0 Å². The Kier molecular flexibility index (Phi) is 3.02. The topological polar surface area (TPSA) is 44.5 Å². The van der Waals surface area contributed by atoms with Gasteiger partial charge in [-0.15, -0.1) is 0 Å². The zero-order valence-corrected chi connectivity index (χ0v) is 12.2. The van der Waals surface area contributed by atoms with E-state index in [1.165, 1.54) is 11.1 Å². The second-order valence-corrected chi connectivity index (χ2v) is 6.04. The van der Waals surface area contributed by atoms with E-state index >= 15 is 0 Å². The predicted molar refractivity (Wildman–Crippen MR) is 74.4 cm³/mol. The van der Waals surface area contributed by atoms with E-state index in [0.29, 0.717) is 13.2 Å². The molecule has 0 spiro atoms. The van der Waals surface area contributed by atoms with Crippen molar-refractivity contribution in [3.05, 3.63) is 21.7 Å². The molecule has 1 saturated carbocycles. The highest BCUT2D eigenvalue weighted by Gasteiger charge is 2.39. The molecule has 4 heteroatoms. The van der Waals surface area contributed by atoms with Crippen LogP contribution in [0.5, 0.6) is 11.5 Å². The molecule has 3 nitrogen and oxygen atoms in total. The van der Waals surface area contributed by atoms with Crippen LogP contribution in [0.2, 0.25) is 0 Å². The first-order valence-electron chi connectivity index (χ1n) is 6.52. The molecule has 0 radical (unpaired) electrons. The third kappa shape index (κ3) is 2.12. The molecule has 98 valence electrons. The van der Waals surface area contributed by atoms with Crippen LogP contribution in [0.1, 0.15) is 30.9 Å². The van der Waals surface area contributed by atoms with E-state index in [4.69, 9.17) is 15.2 Å². The van der Waals surface area contributed by atoms with E-state index in [1.54, 1.807) is 0 Å². The maximum absolute atomic E-state index is 6.24. The van der Waals surface area contributed by atoms with Gasteiger partial charge in [-0.1, -0.05) is 6.92 Å². The zero-order chi connectivity index (χ0) is 12.8. The fourth-order valence-corrected chi connectivity index (χ4v) is 3.34. The van der Waals surface area contributed by atoms with Crippen molar-refractivity contribution < 1.29 is 9.47 Å². The van der Waals surface area contributed by atoms with Gasteiger partial charge in [0.2, 0.25) is 0 Å². The van der Waals surface area contributed by atoms with Crippen LogP contribution in [0.4, 0.5) is 0 Å². The molecule has 2 aliphatic rings. The fraction of sp³-hybridized carbons (Fsp3) is 0.571. The molecule has 1 aliphatic heterocycles. The molecule has 1 fully saturated rings. The molecule has 3 rings (SSSR count). The third-order valence-corrected chi connectivity index (χ3v) is 4.60. The van der Waals surface area contributed by atoms with Gasteiger partial charge in [-0.25, -0.2) is 0 Å². The highest BCUT2D eigenvalue weighted by molar-refractivity contribution is 9.10. The molecule has 0 unspecified atom stereocenters. The molecule has 2 N–H and O–H groups in total. The van der Waals surface area contributed by atoms with Gasteiger partial charge in [0.25, 0.3) is 0 Å². The van der Waals surface area contributed by atoms with Gasteiger partial charge in [0.05, 0.1) is 4.47 Å². The molecule has 0 atom stereocenters. The van der Waals surface area contributed by atoms with Gasteiger partial charge in [-0.05, 0) is 58.8 Å². The first-order chi connectivity index (χ1) is 8.63. The van der Waals surface area contributed by atoms with Gasteiger partial charge in [0, 0.05) is 5.54 Å². The van der Waals surface area contributed by atoms with Crippen molar-refractivity contribution in [2.24, 2.45) is 5.73 Å². The average molecular weight is 312 g/mol. The van der Waals surface area contributed by atoms with Crippen molar-refractivity contribution in [2.75, 3.05) is 13.2 Å². The van der Waals surface area contributed by atoms with Crippen molar-refractivity contribution in [2.45, 2.75) is 38.1 Å². The van der Waals surface area contributed by atoms with Crippen LogP contribution in [0.3, 0.4) is 0 Å². The zero-order valence-electron chi connectivity index (χ0n) is 10.6. The van der Waals surface area contributed by atoms with Crippen LogP contribution in [0.25, 0.3) is 0 Å². The Labute approximate surface area is 116 Å². The lowest BCUT2D eigenvalue weighted by molar-refractivity contribution is 0.170. The first-order valence-corrected chi connectivity index (χ1v) is 7.31. The Morgan fingerprint density at radius 2 is 2.06 bits per heavy atom. The molecule has 1 aromatic rings. The molecule has 0 bridgehead atoms. The van der Waals surface area contributed by atoms with Crippen molar-refractivity contribution >= 4 is 15.9 Å².